The van der Waals surface area contributed by atoms with Crippen molar-refractivity contribution in [1.29, 1.82) is 0 Å². The van der Waals surface area contributed by atoms with Gasteiger partial charge in [-0.3, -0.25) is 14.3 Å². The van der Waals surface area contributed by atoms with Crippen molar-refractivity contribution in [1.82, 2.24) is 9.36 Å². The summed E-state index contributed by atoms with van der Waals surface area (Å²) in [7, 11) is 1.70. The molecule has 22 heavy (non-hydrogen) atoms. The summed E-state index contributed by atoms with van der Waals surface area (Å²) in [6, 6.07) is 9.62. The lowest BCUT2D eigenvalue weighted by Crippen LogP contribution is -2.21. The smallest absolute Gasteiger partial charge is 0.290 e. The lowest BCUT2D eigenvalue weighted by molar-refractivity contribution is -0.116. The van der Waals surface area contributed by atoms with E-state index < -0.39 is 0 Å². The van der Waals surface area contributed by atoms with Crippen LogP contribution in [0.5, 0.6) is 0 Å². The summed E-state index contributed by atoms with van der Waals surface area (Å²) in [5.41, 5.74) is 1.81. The molecule has 0 saturated heterocycles. The standard InChI is InChI=1S/C17H23N3O2/c1-4-5-7-12-15(21)18-16-13(2)20(19(3)17(16)22)14-10-8-6-9-11-14/h6,8-11H,4-5,7,12H2,1-3H3,(H,18,21). The van der Waals surface area contributed by atoms with E-state index in [-0.39, 0.29) is 11.5 Å². The Morgan fingerprint density at radius 3 is 2.50 bits per heavy atom. The number of nitrogens with zero attached hydrogens (tertiary/aromatic N) is 2. The molecule has 0 saturated carbocycles. The minimum Gasteiger partial charge on any atom is -0.320 e. The normalized spacial score (nSPS) is 10.7. The monoisotopic (exact) mass is 301 g/mol. The molecule has 1 amide bonds. The van der Waals surface area contributed by atoms with Gasteiger partial charge in [0.15, 0.2) is 0 Å². The number of amides is 1. The van der Waals surface area contributed by atoms with Crippen LogP contribution in [0, 0.1) is 6.92 Å². The first kappa shape index (κ1) is 16.1. The molecule has 0 aliphatic rings. The molecule has 1 aromatic heterocycles. The van der Waals surface area contributed by atoms with E-state index in [0.29, 0.717) is 12.1 Å². The predicted octanol–water partition coefficient (Wildman–Crippen LogP) is 3.00. The molecule has 2 rings (SSSR count). The molecule has 0 aliphatic heterocycles. The summed E-state index contributed by atoms with van der Waals surface area (Å²) >= 11 is 0. The summed E-state index contributed by atoms with van der Waals surface area (Å²) in [6.45, 7) is 3.94. The molecule has 0 spiro atoms. The van der Waals surface area contributed by atoms with E-state index in [2.05, 4.69) is 12.2 Å². The van der Waals surface area contributed by atoms with Gasteiger partial charge in [0.25, 0.3) is 5.56 Å². The van der Waals surface area contributed by atoms with Crippen LogP contribution < -0.4 is 10.9 Å². The molecule has 0 bridgehead atoms. The van der Waals surface area contributed by atoms with Crippen LogP contribution in [0.4, 0.5) is 5.69 Å². The van der Waals surface area contributed by atoms with Crippen LogP contribution in [0.25, 0.3) is 5.69 Å². The Morgan fingerprint density at radius 1 is 1.18 bits per heavy atom. The largest absolute Gasteiger partial charge is 0.320 e. The molecule has 1 N–H and O–H groups in total. The fraction of sp³-hybridized carbons (Fsp3) is 0.412. The maximum atomic E-state index is 12.4. The summed E-state index contributed by atoms with van der Waals surface area (Å²) in [4.78, 5) is 24.4. The molecule has 5 heteroatoms. The minimum absolute atomic E-state index is 0.0977. The van der Waals surface area contributed by atoms with E-state index in [9.17, 15) is 9.59 Å². The summed E-state index contributed by atoms with van der Waals surface area (Å²) in [5, 5.41) is 2.78. The number of carbonyl (C=O) groups excluding carboxylic acids is 1. The second-order valence-electron chi connectivity index (χ2n) is 5.44. The van der Waals surface area contributed by atoms with Crippen molar-refractivity contribution >= 4 is 11.6 Å². The number of anilines is 1. The van der Waals surface area contributed by atoms with Gasteiger partial charge in [-0.25, -0.2) is 4.68 Å². The molecule has 2 aromatic rings. The van der Waals surface area contributed by atoms with Gasteiger partial charge in [0, 0.05) is 13.5 Å². The Morgan fingerprint density at radius 2 is 1.86 bits per heavy atom. The molecule has 1 heterocycles. The predicted molar refractivity (Wildman–Crippen MR) is 88.5 cm³/mol. The van der Waals surface area contributed by atoms with Crippen LogP contribution in [0.2, 0.25) is 0 Å². The molecule has 0 atom stereocenters. The first-order valence-electron chi connectivity index (χ1n) is 7.70. The highest BCUT2D eigenvalue weighted by Crippen LogP contribution is 2.16. The van der Waals surface area contributed by atoms with E-state index >= 15 is 0 Å². The summed E-state index contributed by atoms with van der Waals surface area (Å²) in [6.07, 6.45) is 3.39. The SMILES string of the molecule is CCCCCC(=O)Nc1c(C)n(-c2ccccc2)n(C)c1=O. The van der Waals surface area contributed by atoms with E-state index in [0.717, 1.165) is 30.6 Å². The Hall–Kier alpha value is -2.30. The number of para-hydroxylation sites is 1. The second-order valence-corrected chi connectivity index (χ2v) is 5.44. The Balaban J connectivity index is 2.27. The first-order chi connectivity index (χ1) is 10.6. The van der Waals surface area contributed by atoms with Gasteiger partial charge in [-0.15, -0.1) is 0 Å². The molecule has 5 nitrogen and oxygen atoms in total. The van der Waals surface area contributed by atoms with Crippen LogP contribution in [0.15, 0.2) is 35.1 Å². The van der Waals surface area contributed by atoms with Gasteiger partial charge in [0.1, 0.15) is 5.69 Å². The van der Waals surface area contributed by atoms with Gasteiger partial charge < -0.3 is 5.32 Å². The molecular formula is C17H23N3O2. The van der Waals surface area contributed by atoms with Gasteiger partial charge in [-0.05, 0) is 25.5 Å². The van der Waals surface area contributed by atoms with Crippen LogP contribution in [0.3, 0.4) is 0 Å². The third kappa shape index (κ3) is 3.30. The first-order valence-corrected chi connectivity index (χ1v) is 7.70. The van der Waals surface area contributed by atoms with Crippen molar-refractivity contribution < 1.29 is 4.79 Å². The zero-order valence-corrected chi connectivity index (χ0v) is 13.4. The number of aromatic nitrogens is 2. The Bertz CT molecular complexity index is 699. The van der Waals surface area contributed by atoms with E-state index in [1.807, 2.05) is 41.9 Å². The topological polar surface area (TPSA) is 56.0 Å². The molecule has 0 aliphatic carbocycles. The van der Waals surface area contributed by atoms with Crippen molar-refractivity contribution in [3.63, 3.8) is 0 Å². The van der Waals surface area contributed by atoms with Crippen LogP contribution in [-0.4, -0.2) is 15.3 Å². The molecule has 0 fully saturated rings. The lowest BCUT2D eigenvalue weighted by atomic mass is 10.2. The number of carbonyl (C=O) groups is 1. The zero-order valence-electron chi connectivity index (χ0n) is 13.4. The van der Waals surface area contributed by atoms with Gasteiger partial charge >= 0.3 is 0 Å². The maximum absolute atomic E-state index is 12.4. The number of nitrogens with one attached hydrogen (secondary N) is 1. The number of hydrogen-bond acceptors (Lipinski definition) is 2. The third-order valence-electron chi connectivity index (χ3n) is 3.76. The molecule has 0 radical (unpaired) electrons. The number of unbranched alkanes of at least 4 members (excludes halogenated alkanes) is 2. The maximum Gasteiger partial charge on any atom is 0.290 e. The molecular weight excluding hydrogens is 278 g/mol. The highest BCUT2D eigenvalue weighted by Gasteiger charge is 2.17. The van der Waals surface area contributed by atoms with Gasteiger partial charge in [-0.2, -0.15) is 0 Å². The van der Waals surface area contributed by atoms with Crippen molar-refractivity contribution in [3.8, 4) is 5.69 Å². The quantitative estimate of drug-likeness (QED) is 0.834. The molecule has 118 valence electrons. The van der Waals surface area contributed by atoms with E-state index in [4.69, 9.17) is 0 Å². The number of hydrogen-bond donors (Lipinski definition) is 1. The lowest BCUT2D eigenvalue weighted by Gasteiger charge is -2.09. The third-order valence-corrected chi connectivity index (χ3v) is 3.76. The summed E-state index contributed by atoms with van der Waals surface area (Å²) < 4.78 is 3.33. The minimum atomic E-state index is -0.190. The number of rotatable bonds is 6. The van der Waals surface area contributed by atoms with Crippen molar-refractivity contribution in [2.75, 3.05) is 5.32 Å². The van der Waals surface area contributed by atoms with Gasteiger partial charge in [-0.1, -0.05) is 38.0 Å². The molecule has 0 unspecified atom stereocenters. The summed E-state index contributed by atoms with van der Waals surface area (Å²) in [5.74, 6) is -0.0977. The van der Waals surface area contributed by atoms with Crippen molar-refractivity contribution in [3.05, 3.63) is 46.4 Å². The van der Waals surface area contributed by atoms with Gasteiger partial charge in [0.05, 0.1) is 11.4 Å². The van der Waals surface area contributed by atoms with Crippen LogP contribution >= 0.6 is 0 Å². The van der Waals surface area contributed by atoms with Crippen LogP contribution in [0.1, 0.15) is 38.3 Å². The highest BCUT2D eigenvalue weighted by molar-refractivity contribution is 5.91. The Kier molecular flexibility index (Phi) is 5.20. The van der Waals surface area contributed by atoms with E-state index in [1.54, 1.807) is 7.05 Å². The average Bonchev–Trinajstić information content (AvgIpc) is 2.72. The fourth-order valence-electron chi connectivity index (χ4n) is 2.56. The Labute approximate surface area is 130 Å². The average molecular weight is 301 g/mol. The van der Waals surface area contributed by atoms with E-state index in [1.165, 1.54) is 4.68 Å². The highest BCUT2D eigenvalue weighted by atomic mass is 16.2. The van der Waals surface area contributed by atoms with Crippen molar-refractivity contribution in [2.24, 2.45) is 7.05 Å². The number of benzene rings is 1. The van der Waals surface area contributed by atoms with Gasteiger partial charge in [0.2, 0.25) is 5.91 Å². The molecule has 1 aromatic carbocycles. The second kappa shape index (κ2) is 7.11. The van der Waals surface area contributed by atoms with Crippen molar-refractivity contribution in [2.45, 2.75) is 39.5 Å². The van der Waals surface area contributed by atoms with Crippen LogP contribution in [-0.2, 0) is 11.8 Å². The zero-order chi connectivity index (χ0) is 16.1. The fourth-order valence-corrected chi connectivity index (χ4v) is 2.56.